The number of carbonyl (C=O) groups excluding carboxylic acids is 1. The lowest BCUT2D eigenvalue weighted by molar-refractivity contribution is -0.130. The number of primary amides is 1. The maximum atomic E-state index is 11.3. The van der Waals surface area contributed by atoms with Crippen LogP contribution in [0.4, 0.5) is 11.8 Å². The molecule has 2 aliphatic heterocycles. The topological polar surface area (TPSA) is 103 Å². The number of anilines is 2. The fourth-order valence-corrected chi connectivity index (χ4v) is 2.65. The lowest BCUT2D eigenvalue weighted by atomic mass is 10.1. The summed E-state index contributed by atoms with van der Waals surface area (Å²) >= 11 is 0. The molecule has 22 heavy (non-hydrogen) atoms. The van der Waals surface area contributed by atoms with E-state index in [2.05, 4.69) is 15.3 Å². The average Bonchev–Trinajstić information content (AvgIpc) is 2.56. The van der Waals surface area contributed by atoms with Crippen molar-refractivity contribution < 1.29 is 14.3 Å². The van der Waals surface area contributed by atoms with E-state index >= 15 is 0 Å². The zero-order valence-electron chi connectivity index (χ0n) is 12.4. The smallest absolute Gasteiger partial charge is 0.248 e. The van der Waals surface area contributed by atoms with Gasteiger partial charge in [0.25, 0.3) is 0 Å². The number of rotatable bonds is 4. The van der Waals surface area contributed by atoms with E-state index in [-0.39, 0.29) is 6.04 Å². The van der Waals surface area contributed by atoms with Crippen LogP contribution < -0.4 is 16.0 Å². The van der Waals surface area contributed by atoms with Gasteiger partial charge in [0.15, 0.2) is 6.10 Å². The van der Waals surface area contributed by atoms with Crippen LogP contribution in [0.3, 0.4) is 0 Å². The van der Waals surface area contributed by atoms with Crippen molar-refractivity contribution in [1.29, 1.82) is 0 Å². The highest BCUT2D eigenvalue weighted by Gasteiger charge is 2.26. The summed E-state index contributed by atoms with van der Waals surface area (Å²) in [6, 6.07) is 2.11. The molecule has 0 unspecified atom stereocenters. The second-order valence-electron chi connectivity index (χ2n) is 5.51. The number of nitrogens with zero attached hydrogens (tertiary/aromatic N) is 3. The normalized spacial score (nSPS) is 25.7. The highest BCUT2D eigenvalue weighted by Crippen LogP contribution is 2.17. The molecule has 8 nitrogen and oxygen atoms in total. The molecule has 3 N–H and O–H groups in total. The number of nitrogens with one attached hydrogen (secondary N) is 1. The van der Waals surface area contributed by atoms with Crippen LogP contribution in [0.5, 0.6) is 0 Å². The van der Waals surface area contributed by atoms with Crippen molar-refractivity contribution >= 4 is 17.7 Å². The Morgan fingerprint density at radius 2 is 2.36 bits per heavy atom. The molecular formula is C14H21N5O3. The second-order valence-corrected chi connectivity index (χ2v) is 5.51. The van der Waals surface area contributed by atoms with Crippen molar-refractivity contribution in [2.45, 2.75) is 25.0 Å². The molecule has 2 fully saturated rings. The van der Waals surface area contributed by atoms with Crippen LogP contribution in [0, 0.1) is 0 Å². The highest BCUT2D eigenvalue weighted by molar-refractivity contribution is 5.79. The third kappa shape index (κ3) is 3.63. The quantitative estimate of drug-likeness (QED) is 0.791. The lowest BCUT2D eigenvalue weighted by Gasteiger charge is -2.31. The first-order valence-electron chi connectivity index (χ1n) is 7.55. The lowest BCUT2D eigenvalue weighted by Crippen LogP contribution is -2.49. The zero-order valence-corrected chi connectivity index (χ0v) is 12.4. The van der Waals surface area contributed by atoms with Crippen molar-refractivity contribution in [3.05, 3.63) is 12.3 Å². The molecule has 1 aromatic rings. The Bertz CT molecular complexity index is 521. The standard InChI is InChI=1S/C14H21N5O3/c15-13(20)11-8-19(5-7-22-11)14-16-4-3-12(18-14)17-10-2-1-6-21-9-10/h3-4,10-11H,1-2,5-9H2,(H2,15,20)(H,16,17,18)/t10-,11-/m1/s1. The van der Waals surface area contributed by atoms with Gasteiger partial charge in [0.05, 0.1) is 25.8 Å². The summed E-state index contributed by atoms with van der Waals surface area (Å²) in [4.78, 5) is 22.0. The number of carbonyl (C=O) groups is 1. The van der Waals surface area contributed by atoms with E-state index < -0.39 is 12.0 Å². The van der Waals surface area contributed by atoms with E-state index in [0.717, 1.165) is 25.3 Å². The Kier molecular flexibility index (Phi) is 4.69. The Morgan fingerprint density at radius 3 is 3.14 bits per heavy atom. The SMILES string of the molecule is NC(=O)[C@H]1CN(c2nccc(N[C@@H]3CCCOC3)n2)CCO1. The number of amides is 1. The molecule has 120 valence electrons. The summed E-state index contributed by atoms with van der Waals surface area (Å²) in [7, 11) is 0. The van der Waals surface area contributed by atoms with Gasteiger partial charge in [-0.2, -0.15) is 4.98 Å². The van der Waals surface area contributed by atoms with Crippen LogP contribution in [-0.4, -0.2) is 60.9 Å². The minimum absolute atomic E-state index is 0.277. The van der Waals surface area contributed by atoms with Gasteiger partial charge in [-0.1, -0.05) is 0 Å². The van der Waals surface area contributed by atoms with Crippen LogP contribution in [0.15, 0.2) is 12.3 Å². The number of morpholine rings is 1. The van der Waals surface area contributed by atoms with Crippen molar-refractivity contribution in [2.75, 3.05) is 43.1 Å². The number of hydrogen-bond acceptors (Lipinski definition) is 7. The van der Waals surface area contributed by atoms with E-state index in [9.17, 15) is 4.79 Å². The number of hydrogen-bond donors (Lipinski definition) is 2. The van der Waals surface area contributed by atoms with Gasteiger partial charge in [-0.25, -0.2) is 4.98 Å². The predicted molar refractivity (Wildman–Crippen MR) is 80.6 cm³/mol. The summed E-state index contributed by atoms with van der Waals surface area (Å²) < 4.78 is 10.8. The van der Waals surface area contributed by atoms with Gasteiger partial charge in [-0.3, -0.25) is 4.79 Å². The first-order chi connectivity index (χ1) is 10.7. The molecule has 0 radical (unpaired) electrons. The van der Waals surface area contributed by atoms with Gasteiger partial charge in [0, 0.05) is 19.3 Å². The first kappa shape index (κ1) is 15.0. The molecule has 8 heteroatoms. The van der Waals surface area contributed by atoms with Crippen molar-refractivity contribution in [2.24, 2.45) is 5.73 Å². The molecule has 2 atom stereocenters. The first-order valence-corrected chi connectivity index (χ1v) is 7.55. The van der Waals surface area contributed by atoms with E-state index in [1.165, 1.54) is 0 Å². The number of ether oxygens (including phenoxy) is 2. The molecular weight excluding hydrogens is 286 g/mol. The van der Waals surface area contributed by atoms with E-state index in [0.29, 0.717) is 32.3 Å². The Hall–Kier alpha value is -1.93. The minimum Gasteiger partial charge on any atom is -0.379 e. The molecule has 0 bridgehead atoms. The summed E-state index contributed by atoms with van der Waals surface area (Å²) in [5.41, 5.74) is 5.30. The maximum absolute atomic E-state index is 11.3. The Balaban J connectivity index is 1.66. The molecule has 2 saturated heterocycles. The molecule has 0 aromatic carbocycles. The van der Waals surface area contributed by atoms with Gasteiger partial charge in [-0.15, -0.1) is 0 Å². The molecule has 2 aliphatic rings. The monoisotopic (exact) mass is 307 g/mol. The largest absolute Gasteiger partial charge is 0.379 e. The van der Waals surface area contributed by atoms with Crippen LogP contribution in [0.25, 0.3) is 0 Å². The summed E-state index contributed by atoms with van der Waals surface area (Å²) in [6.45, 7) is 2.98. The van der Waals surface area contributed by atoms with Gasteiger partial charge in [0.1, 0.15) is 5.82 Å². The molecule has 0 spiro atoms. The number of aromatic nitrogens is 2. The van der Waals surface area contributed by atoms with Crippen LogP contribution in [0.1, 0.15) is 12.8 Å². The average molecular weight is 307 g/mol. The van der Waals surface area contributed by atoms with Crippen LogP contribution >= 0.6 is 0 Å². The van der Waals surface area contributed by atoms with E-state index in [1.54, 1.807) is 6.20 Å². The number of nitrogens with two attached hydrogens (primary N) is 1. The highest BCUT2D eigenvalue weighted by atomic mass is 16.5. The van der Waals surface area contributed by atoms with E-state index in [1.807, 2.05) is 11.0 Å². The molecule has 0 saturated carbocycles. The molecule has 1 aromatic heterocycles. The van der Waals surface area contributed by atoms with Crippen molar-refractivity contribution in [1.82, 2.24) is 9.97 Å². The predicted octanol–water partition coefficient (Wildman–Crippen LogP) is -0.242. The maximum Gasteiger partial charge on any atom is 0.248 e. The van der Waals surface area contributed by atoms with Gasteiger partial charge >= 0.3 is 0 Å². The Morgan fingerprint density at radius 1 is 1.45 bits per heavy atom. The third-order valence-corrected chi connectivity index (χ3v) is 3.82. The zero-order chi connectivity index (χ0) is 15.4. The van der Waals surface area contributed by atoms with Gasteiger partial charge in [0.2, 0.25) is 11.9 Å². The molecule has 3 rings (SSSR count). The van der Waals surface area contributed by atoms with E-state index in [4.69, 9.17) is 15.2 Å². The summed E-state index contributed by atoms with van der Waals surface area (Å²) in [6.07, 6.45) is 3.23. The summed E-state index contributed by atoms with van der Waals surface area (Å²) in [5, 5.41) is 3.37. The fourth-order valence-electron chi connectivity index (χ4n) is 2.65. The fraction of sp³-hybridized carbons (Fsp3) is 0.643. The summed E-state index contributed by atoms with van der Waals surface area (Å²) in [5.74, 6) is 0.886. The van der Waals surface area contributed by atoms with Crippen molar-refractivity contribution in [3.8, 4) is 0 Å². The Labute approximate surface area is 129 Å². The van der Waals surface area contributed by atoms with Crippen LogP contribution in [-0.2, 0) is 14.3 Å². The molecule has 0 aliphatic carbocycles. The molecule has 3 heterocycles. The van der Waals surface area contributed by atoms with Crippen LogP contribution in [0.2, 0.25) is 0 Å². The second kappa shape index (κ2) is 6.89. The van der Waals surface area contributed by atoms with Gasteiger partial charge < -0.3 is 25.4 Å². The third-order valence-electron chi connectivity index (χ3n) is 3.82. The van der Waals surface area contributed by atoms with Crippen molar-refractivity contribution in [3.63, 3.8) is 0 Å². The van der Waals surface area contributed by atoms with Gasteiger partial charge in [-0.05, 0) is 18.9 Å². The molecule has 1 amide bonds. The minimum atomic E-state index is -0.610.